The maximum absolute atomic E-state index is 9.47. The minimum absolute atomic E-state index is 0.0610. The topological polar surface area (TPSA) is 109 Å². The Balaban J connectivity index is 0.000000185. The van der Waals surface area contributed by atoms with Crippen LogP contribution < -0.4 is 9.47 Å². The molecule has 1 aliphatic heterocycles. The number of phenolic OH excluding ortho intramolecular Hbond substituents is 4. The molecular weight excluding hydrogens is 304 g/mol. The second kappa shape index (κ2) is 6.53. The molecule has 23 heavy (non-hydrogen) atoms. The van der Waals surface area contributed by atoms with Crippen molar-refractivity contribution in [1.29, 1.82) is 0 Å². The molecule has 1 atom stereocenters. The summed E-state index contributed by atoms with van der Waals surface area (Å²) in [6.07, 6.45) is 0. The number of benzene rings is 2. The molecule has 0 bridgehead atoms. The summed E-state index contributed by atoms with van der Waals surface area (Å²) >= 11 is 0. The summed E-state index contributed by atoms with van der Waals surface area (Å²) in [6.45, 7) is 3.99. The second-order valence-corrected chi connectivity index (χ2v) is 4.75. The lowest BCUT2D eigenvalue weighted by Gasteiger charge is -2.21. The van der Waals surface area contributed by atoms with Crippen molar-refractivity contribution < 1.29 is 34.6 Å². The van der Waals surface area contributed by atoms with Crippen LogP contribution in [0.15, 0.2) is 36.4 Å². The standard InChI is InChI=1S/C10H12O4.C6H6O3/c1-3-12-10(2)13-8-6-4-5-7(11)9(8)14-10;7-4-2-1-3-5(8)6(4)9/h4-6,11H,3H2,1-2H3;1-3,7-9H. The van der Waals surface area contributed by atoms with E-state index in [4.69, 9.17) is 29.5 Å². The fourth-order valence-corrected chi connectivity index (χ4v) is 1.93. The molecule has 1 unspecified atom stereocenters. The van der Waals surface area contributed by atoms with Gasteiger partial charge in [-0.3, -0.25) is 0 Å². The lowest BCUT2D eigenvalue weighted by atomic mass is 10.3. The maximum atomic E-state index is 9.47. The van der Waals surface area contributed by atoms with E-state index in [1.54, 1.807) is 25.1 Å². The van der Waals surface area contributed by atoms with E-state index in [1.807, 2.05) is 6.92 Å². The molecule has 0 spiro atoms. The number of para-hydroxylation sites is 2. The first-order valence-corrected chi connectivity index (χ1v) is 6.90. The Kier molecular flexibility index (Phi) is 4.71. The quantitative estimate of drug-likeness (QED) is 0.629. The minimum atomic E-state index is -1.12. The van der Waals surface area contributed by atoms with Gasteiger partial charge in [0.25, 0.3) is 0 Å². The van der Waals surface area contributed by atoms with E-state index in [2.05, 4.69) is 0 Å². The van der Waals surface area contributed by atoms with Crippen molar-refractivity contribution in [3.63, 3.8) is 0 Å². The van der Waals surface area contributed by atoms with Gasteiger partial charge in [-0.25, -0.2) is 0 Å². The Labute approximate surface area is 132 Å². The SMILES string of the molecule is CCOC1(C)Oc2cccc(O)c2O1.Oc1cccc(O)c1O. The first kappa shape index (κ1) is 16.6. The van der Waals surface area contributed by atoms with Gasteiger partial charge in [-0.1, -0.05) is 12.1 Å². The van der Waals surface area contributed by atoms with Crippen LogP contribution in [0.1, 0.15) is 13.8 Å². The van der Waals surface area contributed by atoms with Crippen molar-refractivity contribution in [1.82, 2.24) is 0 Å². The van der Waals surface area contributed by atoms with Crippen molar-refractivity contribution in [3.05, 3.63) is 36.4 Å². The number of rotatable bonds is 2. The molecule has 1 heterocycles. The molecule has 0 saturated heterocycles. The Bertz CT molecular complexity index is 666. The Morgan fingerprint density at radius 2 is 1.48 bits per heavy atom. The van der Waals surface area contributed by atoms with Gasteiger partial charge >= 0.3 is 5.97 Å². The van der Waals surface area contributed by atoms with E-state index in [-0.39, 0.29) is 17.2 Å². The molecule has 0 aromatic heterocycles. The molecule has 0 saturated carbocycles. The summed E-state index contributed by atoms with van der Waals surface area (Å²) < 4.78 is 16.1. The van der Waals surface area contributed by atoms with E-state index in [0.717, 1.165) is 0 Å². The highest BCUT2D eigenvalue weighted by Crippen LogP contribution is 2.45. The summed E-state index contributed by atoms with van der Waals surface area (Å²) in [4.78, 5) is 0. The number of aromatic hydroxyl groups is 4. The summed E-state index contributed by atoms with van der Waals surface area (Å²) in [7, 11) is 0. The van der Waals surface area contributed by atoms with Crippen LogP contribution in [0.25, 0.3) is 0 Å². The third-order valence-electron chi connectivity index (χ3n) is 2.94. The monoisotopic (exact) mass is 322 g/mol. The zero-order chi connectivity index (χ0) is 17.0. The molecule has 0 radical (unpaired) electrons. The first-order valence-electron chi connectivity index (χ1n) is 6.90. The zero-order valence-electron chi connectivity index (χ0n) is 12.7. The molecule has 1 aliphatic rings. The van der Waals surface area contributed by atoms with Crippen LogP contribution in [-0.4, -0.2) is 33.0 Å². The minimum Gasteiger partial charge on any atom is -0.504 e. The van der Waals surface area contributed by atoms with Crippen molar-refractivity contribution in [2.24, 2.45) is 0 Å². The van der Waals surface area contributed by atoms with Gasteiger partial charge in [-0.05, 0) is 31.2 Å². The molecule has 2 aromatic carbocycles. The molecule has 3 rings (SSSR count). The predicted molar refractivity (Wildman–Crippen MR) is 80.8 cm³/mol. The molecule has 124 valence electrons. The molecule has 0 amide bonds. The normalized spacial score (nSPS) is 18.2. The molecule has 7 nitrogen and oxygen atoms in total. The van der Waals surface area contributed by atoms with Crippen LogP contribution in [0.4, 0.5) is 0 Å². The van der Waals surface area contributed by atoms with Crippen molar-refractivity contribution in [2.75, 3.05) is 6.61 Å². The van der Waals surface area contributed by atoms with Crippen molar-refractivity contribution >= 4 is 0 Å². The summed E-state index contributed by atoms with van der Waals surface area (Å²) in [5.74, 6) is -1.31. The Morgan fingerprint density at radius 1 is 0.913 bits per heavy atom. The van der Waals surface area contributed by atoms with Crippen LogP contribution in [0.3, 0.4) is 0 Å². The van der Waals surface area contributed by atoms with Gasteiger partial charge in [-0.15, -0.1) is 0 Å². The average molecular weight is 322 g/mol. The summed E-state index contributed by atoms with van der Waals surface area (Å²) in [5.41, 5.74) is 0. The number of hydrogen-bond acceptors (Lipinski definition) is 7. The van der Waals surface area contributed by atoms with Crippen LogP contribution in [0, 0.1) is 0 Å². The smallest absolute Gasteiger partial charge is 0.369 e. The predicted octanol–water partition coefficient (Wildman–Crippen LogP) is 2.68. The third kappa shape index (κ3) is 3.70. The fraction of sp³-hybridized carbons (Fsp3) is 0.250. The summed E-state index contributed by atoms with van der Waals surface area (Å²) in [6, 6.07) is 8.96. The molecule has 2 aromatic rings. The zero-order valence-corrected chi connectivity index (χ0v) is 12.7. The number of ether oxygens (including phenoxy) is 3. The number of fused-ring (bicyclic) bond motifs is 1. The molecular formula is C16H18O7. The van der Waals surface area contributed by atoms with Crippen LogP contribution in [-0.2, 0) is 4.74 Å². The van der Waals surface area contributed by atoms with Gasteiger partial charge in [-0.2, -0.15) is 0 Å². The third-order valence-corrected chi connectivity index (χ3v) is 2.94. The number of phenols is 4. The van der Waals surface area contributed by atoms with Gasteiger partial charge in [0, 0.05) is 6.92 Å². The van der Waals surface area contributed by atoms with Crippen molar-refractivity contribution in [2.45, 2.75) is 19.8 Å². The first-order chi connectivity index (χ1) is 10.9. The molecule has 0 fully saturated rings. The molecule has 0 aliphatic carbocycles. The lowest BCUT2D eigenvalue weighted by Crippen LogP contribution is -2.37. The molecule has 4 N–H and O–H groups in total. The highest BCUT2D eigenvalue weighted by atomic mass is 16.9. The number of hydrogen-bond donors (Lipinski definition) is 4. The van der Waals surface area contributed by atoms with E-state index < -0.39 is 11.7 Å². The highest BCUT2D eigenvalue weighted by molar-refractivity contribution is 5.52. The largest absolute Gasteiger partial charge is 0.504 e. The van der Waals surface area contributed by atoms with Gasteiger partial charge in [0.05, 0.1) is 6.61 Å². The van der Waals surface area contributed by atoms with Gasteiger partial charge in [0.1, 0.15) is 0 Å². The van der Waals surface area contributed by atoms with Gasteiger partial charge in [0.2, 0.25) is 5.75 Å². The van der Waals surface area contributed by atoms with E-state index in [1.165, 1.54) is 18.2 Å². The fourth-order valence-electron chi connectivity index (χ4n) is 1.93. The highest BCUT2D eigenvalue weighted by Gasteiger charge is 2.39. The van der Waals surface area contributed by atoms with Gasteiger partial charge < -0.3 is 34.6 Å². The Hall–Kier alpha value is -2.80. The van der Waals surface area contributed by atoms with E-state index in [0.29, 0.717) is 18.1 Å². The van der Waals surface area contributed by atoms with Crippen LogP contribution >= 0.6 is 0 Å². The summed E-state index contributed by atoms with van der Waals surface area (Å²) in [5, 5.41) is 35.6. The van der Waals surface area contributed by atoms with E-state index >= 15 is 0 Å². The van der Waals surface area contributed by atoms with Gasteiger partial charge in [0.15, 0.2) is 28.7 Å². The van der Waals surface area contributed by atoms with Crippen LogP contribution in [0.5, 0.6) is 34.5 Å². The van der Waals surface area contributed by atoms with Crippen LogP contribution in [0.2, 0.25) is 0 Å². The van der Waals surface area contributed by atoms with Crippen molar-refractivity contribution in [3.8, 4) is 34.5 Å². The average Bonchev–Trinajstić information content (AvgIpc) is 2.84. The second-order valence-electron chi connectivity index (χ2n) is 4.75. The lowest BCUT2D eigenvalue weighted by molar-refractivity contribution is -0.266. The Morgan fingerprint density at radius 3 is 2.00 bits per heavy atom. The van der Waals surface area contributed by atoms with E-state index in [9.17, 15) is 5.11 Å². The molecule has 7 heteroatoms. The maximum Gasteiger partial charge on any atom is 0.369 e.